The van der Waals surface area contributed by atoms with Crippen molar-refractivity contribution in [1.82, 2.24) is 4.98 Å². The number of anilines is 1. The Hall–Kier alpha value is -2.56. The average Bonchev–Trinajstić information content (AvgIpc) is 2.53. The molecule has 0 fully saturated rings. The monoisotopic (exact) mass is 269 g/mol. The molecule has 102 valence electrons. The van der Waals surface area contributed by atoms with E-state index in [-0.39, 0.29) is 0 Å². The van der Waals surface area contributed by atoms with Crippen molar-refractivity contribution in [1.29, 1.82) is 0 Å². The average molecular weight is 269 g/mol. The second-order valence-corrected chi connectivity index (χ2v) is 4.38. The van der Waals surface area contributed by atoms with E-state index in [4.69, 9.17) is 9.47 Å². The summed E-state index contributed by atoms with van der Waals surface area (Å²) in [7, 11) is 0. The zero-order valence-corrected chi connectivity index (χ0v) is 11.2. The number of benzene rings is 1. The van der Waals surface area contributed by atoms with Crippen LogP contribution in [-0.4, -0.2) is 23.9 Å². The zero-order chi connectivity index (χ0) is 13.8. The van der Waals surface area contributed by atoms with Gasteiger partial charge >= 0.3 is 0 Å². The molecule has 1 aromatic heterocycles. The van der Waals surface area contributed by atoms with Gasteiger partial charge in [0.1, 0.15) is 19.0 Å². The molecular weight excluding hydrogens is 254 g/mol. The fourth-order valence-corrected chi connectivity index (χ4v) is 1.90. The maximum absolute atomic E-state index is 5.56. The molecule has 1 aromatic carbocycles. The van der Waals surface area contributed by atoms with Gasteiger partial charge in [0.25, 0.3) is 0 Å². The summed E-state index contributed by atoms with van der Waals surface area (Å²) in [5.41, 5.74) is 4.77. The number of hydrogen-bond donors (Lipinski definition) is 1. The van der Waals surface area contributed by atoms with Crippen LogP contribution in [0.4, 0.5) is 5.82 Å². The van der Waals surface area contributed by atoms with Gasteiger partial charge in [-0.25, -0.2) is 4.98 Å². The predicted molar refractivity (Wildman–Crippen MR) is 77.5 cm³/mol. The Bertz CT molecular complexity index is 626. The van der Waals surface area contributed by atoms with Crippen LogP contribution in [0.3, 0.4) is 0 Å². The molecule has 1 N–H and O–H groups in total. The minimum absolute atomic E-state index is 0.582. The number of pyridine rings is 1. The second-order valence-electron chi connectivity index (χ2n) is 4.38. The summed E-state index contributed by atoms with van der Waals surface area (Å²) in [4.78, 5) is 4.15. The number of nitrogens with one attached hydrogen (secondary N) is 1. The lowest BCUT2D eigenvalue weighted by molar-refractivity contribution is 0.171. The van der Waals surface area contributed by atoms with Gasteiger partial charge in [-0.15, -0.1) is 0 Å². The molecule has 0 atom stereocenters. The van der Waals surface area contributed by atoms with E-state index in [0.29, 0.717) is 19.0 Å². The molecule has 0 saturated heterocycles. The molecule has 2 aromatic rings. The first kappa shape index (κ1) is 12.5. The summed E-state index contributed by atoms with van der Waals surface area (Å²) in [6.07, 6.45) is 1.72. The minimum atomic E-state index is 0.582. The molecule has 0 aliphatic carbocycles. The first-order chi connectivity index (χ1) is 9.83. The highest BCUT2D eigenvalue weighted by atomic mass is 16.6. The van der Waals surface area contributed by atoms with Crippen molar-refractivity contribution in [2.75, 3.05) is 18.6 Å². The van der Waals surface area contributed by atoms with Crippen molar-refractivity contribution in [2.45, 2.75) is 6.92 Å². The van der Waals surface area contributed by atoms with Crippen LogP contribution in [0.2, 0.25) is 0 Å². The van der Waals surface area contributed by atoms with E-state index in [9.17, 15) is 0 Å². The first-order valence-corrected chi connectivity index (χ1v) is 6.44. The maximum atomic E-state index is 5.56. The van der Waals surface area contributed by atoms with Crippen LogP contribution < -0.4 is 14.9 Å². The van der Waals surface area contributed by atoms with E-state index in [1.165, 1.54) is 0 Å². The highest BCUT2D eigenvalue weighted by Crippen LogP contribution is 2.30. The third kappa shape index (κ3) is 2.71. The summed E-state index contributed by atoms with van der Waals surface area (Å²) < 4.78 is 11.1. The Labute approximate surface area is 117 Å². The number of nitrogens with zero attached hydrogens (tertiary/aromatic N) is 2. The lowest BCUT2D eigenvalue weighted by atomic mass is 10.1. The van der Waals surface area contributed by atoms with Crippen molar-refractivity contribution in [2.24, 2.45) is 5.10 Å². The SMILES string of the molecule is C/C(=N\Nc1ccccn1)c1ccc2c(c1)OCCO2. The Morgan fingerprint density at radius 2 is 2.00 bits per heavy atom. The number of hydrogen-bond acceptors (Lipinski definition) is 5. The smallest absolute Gasteiger partial charge is 0.162 e. The van der Waals surface area contributed by atoms with Crippen LogP contribution in [0, 0.1) is 0 Å². The summed E-state index contributed by atoms with van der Waals surface area (Å²) in [5.74, 6) is 2.26. The van der Waals surface area contributed by atoms with Crippen LogP contribution in [0.15, 0.2) is 47.7 Å². The van der Waals surface area contributed by atoms with Crippen molar-refractivity contribution < 1.29 is 9.47 Å². The van der Waals surface area contributed by atoms with Gasteiger partial charge in [0, 0.05) is 11.8 Å². The van der Waals surface area contributed by atoms with Crippen LogP contribution >= 0.6 is 0 Å². The molecular formula is C15H15N3O2. The van der Waals surface area contributed by atoms with Gasteiger partial charge in [-0.05, 0) is 37.3 Å². The number of ether oxygens (including phenoxy) is 2. The van der Waals surface area contributed by atoms with Gasteiger partial charge in [0.05, 0.1) is 5.71 Å². The Morgan fingerprint density at radius 3 is 2.80 bits per heavy atom. The molecule has 0 amide bonds. The molecule has 0 bridgehead atoms. The van der Waals surface area contributed by atoms with Crippen LogP contribution in [0.25, 0.3) is 0 Å². The van der Waals surface area contributed by atoms with Crippen molar-refractivity contribution in [3.05, 3.63) is 48.2 Å². The molecule has 0 unspecified atom stereocenters. The molecule has 1 aliphatic rings. The van der Waals surface area contributed by atoms with Crippen molar-refractivity contribution in [3.63, 3.8) is 0 Å². The van der Waals surface area contributed by atoms with E-state index >= 15 is 0 Å². The number of aromatic nitrogens is 1. The zero-order valence-electron chi connectivity index (χ0n) is 11.2. The summed E-state index contributed by atoms with van der Waals surface area (Å²) in [5, 5.41) is 4.32. The highest BCUT2D eigenvalue weighted by Gasteiger charge is 2.12. The quantitative estimate of drug-likeness (QED) is 0.687. The molecule has 5 heteroatoms. The van der Waals surface area contributed by atoms with Crippen LogP contribution in [-0.2, 0) is 0 Å². The van der Waals surface area contributed by atoms with Gasteiger partial charge in [-0.3, -0.25) is 5.43 Å². The fourth-order valence-electron chi connectivity index (χ4n) is 1.90. The van der Waals surface area contributed by atoms with E-state index in [0.717, 1.165) is 22.8 Å². The van der Waals surface area contributed by atoms with Gasteiger partial charge in [-0.2, -0.15) is 5.10 Å². The van der Waals surface area contributed by atoms with E-state index in [1.54, 1.807) is 6.20 Å². The van der Waals surface area contributed by atoms with Crippen molar-refractivity contribution in [3.8, 4) is 11.5 Å². The first-order valence-electron chi connectivity index (χ1n) is 6.44. The number of hydrazone groups is 1. The molecule has 0 radical (unpaired) electrons. The Balaban J connectivity index is 1.78. The second kappa shape index (κ2) is 5.61. The molecule has 20 heavy (non-hydrogen) atoms. The van der Waals surface area contributed by atoms with Crippen LogP contribution in [0.5, 0.6) is 11.5 Å². The normalized spacial score (nSPS) is 13.9. The predicted octanol–water partition coefficient (Wildman–Crippen LogP) is 2.69. The highest BCUT2D eigenvalue weighted by molar-refractivity contribution is 5.99. The van der Waals surface area contributed by atoms with Gasteiger partial charge in [0.2, 0.25) is 0 Å². The third-order valence-corrected chi connectivity index (χ3v) is 2.96. The van der Waals surface area contributed by atoms with Gasteiger partial charge < -0.3 is 9.47 Å². The third-order valence-electron chi connectivity index (χ3n) is 2.96. The summed E-state index contributed by atoms with van der Waals surface area (Å²) in [6.45, 7) is 3.11. The standard InChI is InChI=1S/C15H15N3O2/c1-11(17-18-15-4-2-3-7-16-15)12-5-6-13-14(10-12)20-9-8-19-13/h2-7,10H,8-9H2,1H3,(H,16,18)/b17-11+. The fraction of sp³-hybridized carbons (Fsp3) is 0.200. The molecule has 0 spiro atoms. The largest absolute Gasteiger partial charge is 0.486 e. The Kier molecular flexibility index (Phi) is 3.50. The lowest BCUT2D eigenvalue weighted by Crippen LogP contribution is -2.15. The van der Waals surface area contributed by atoms with Crippen LogP contribution in [0.1, 0.15) is 12.5 Å². The topological polar surface area (TPSA) is 55.7 Å². The molecule has 0 saturated carbocycles. The summed E-state index contributed by atoms with van der Waals surface area (Å²) in [6, 6.07) is 11.4. The van der Waals surface area contributed by atoms with Crippen molar-refractivity contribution >= 4 is 11.5 Å². The molecule has 2 heterocycles. The maximum Gasteiger partial charge on any atom is 0.162 e. The number of fused-ring (bicyclic) bond motifs is 1. The Morgan fingerprint density at radius 1 is 1.15 bits per heavy atom. The summed E-state index contributed by atoms with van der Waals surface area (Å²) >= 11 is 0. The van der Waals surface area contributed by atoms with Gasteiger partial charge in [0.15, 0.2) is 11.5 Å². The molecule has 3 rings (SSSR count). The lowest BCUT2D eigenvalue weighted by Gasteiger charge is -2.18. The molecule has 1 aliphatic heterocycles. The van der Waals surface area contributed by atoms with E-state index in [2.05, 4.69) is 15.5 Å². The van der Waals surface area contributed by atoms with Gasteiger partial charge in [-0.1, -0.05) is 6.07 Å². The molecule has 5 nitrogen and oxygen atoms in total. The minimum Gasteiger partial charge on any atom is -0.486 e. The number of rotatable bonds is 3. The van der Waals surface area contributed by atoms with E-state index in [1.807, 2.05) is 43.3 Å². The van der Waals surface area contributed by atoms with E-state index < -0.39 is 0 Å².